The van der Waals surface area contributed by atoms with Gasteiger partial charge in [0.1, 0.15) is 0 Å². The average Bonchev–Trinajstić information content (AvgIpc) is 2.69. The predicted octanol–water partition coefficient (Wildman–Crippen LogP) is 3.30. The van der Waals surface area contributed by atoms with Crippen molar-refractivity contribution in [1.82, 2.24) is 10.8 Å². The lowest BCUT2D eigenvalue weighted by molar-refractivity contribution is -0.152. The summed E-state index contributed by atoms with van der Waals surface area (Å²) in [5, 5.41) is 5.70. The van der Waals surface area contributed by atoms with Crippen LogP contribution in [-0.4, -0.2) is 23.3 Å². The molecule has 1 aromatic carbocycles. The minimum Gasteiger partial charge on any atom is -0.352 e. The molecular formula is C24H33N3O4. The molecule has 3 N–H and O–H groups in total. The van der Waals surface area contributed by atoms with Gasteiger partial charge in [-0.25, -0.2) is 5.48 Å². The maximum absolute atomic E-state index is 13.1. The molecule has 0 spiro atoms. The van der Waals surface area contributed by atoms with Gasteiger partial charge in [0.25, 0.3) is 0 Å². The topological polar surface area (TPSA) is 96.5 Å². The summed E-state index contributed by atoms with van der Waals surface area (Å²) >= 11 is 0. The third-order valence-corrected chi connectivity index (χ3v) is 6.84. The predicted molar refractivity (Wildman–Crippen MR) is 117 cm³/mol. The van der Waals surface area contributed by atoms with Gasteiger partial charge in [0.05, 0.1) is 5.60 Å². The van der Waals surface area contributed by atoms with Gasteiger partial charge in [-0.15, -0.1) is 0 Å². The van der Waals surface area contributed by atoms with Crippen LogP contribution < -0.4 is 16.1 Å². The van der Waals surface area contributed by atoms with E-state index in [1.807, 2.05) is 12.1 Å². The van der Waals surface area contributed by atoms with Crippen molar-refractivity contribution in [2.24, 2.45) is 23.2 Å². The van der Waals surface area contributed by atoms with E-state index in [0.29, 0.717) is 12.2 Å². The van der Waals surface area contributed by atoms with E-state index in [0.717, 1.165) is 42.6 Å². The summed E-state index contributed by atoms with van der Waals surface area (Å²) < 4.78 is 0. The molecule has 4 aliphatic carbocycles. The van der Waals surface area contributed by atoms with Crippen molar-refractivity contribution in [1.29, 1.82) is 0 Å². The quantitative estimate of drug-likeness (QED) is 0.496. The number of carbonyl (C=O) groups excluding carboxylic acids is 3. The van der Waals surface area contributed by atoms with Crippen LogP contribution in [0.1, 0.15) is 64.9 Å². The molecule has 4 fully saturated rings. The van der Waals surface area contributed by atoms with Gasteiger partial charge in [0.2, 0.25) is 5.91 Å². The van der Waals surface area contributed by atoms with E-state index >= 15 is 0 Å². The van der Waals surface area contributed by atoms with Crippen molar-refractivity contribution < 1.29 is 19.2 Å². The van der Waals surface area contributed by atoms with Gasteiger partial charge >= 0.3 is 11.8 Å². The van der Waals surface area contributed by atoms with Crippen LogP contribution in [0.5, 0.6) is 0 Å². The lowest BCUT2D eigenvalue weighted by Gasteiger charge is -2.55. The number of nitrogens with one attached hydrogen (secondary N) is 3. The highest BCUT2D eigenvalue weighted by molar-refractivity contribution is 6.39. The van der Waals surface area contributed by atoms with Crippen LogP contribution in [0.15, 0.2) is 24.3 Å². The van der Waals surface area contributed by atoms with Gasteiger partial charge in [-0.05, 0) is 94.7 Å². The van der Waals surface area contributed by atoms with Gasteiger partial charge in [0.15, 0.2) is 0 Å². The molecule has 7 nitrogen and oxygen atoms in total. The summed E-state index contributed by atoms with van der Waals surface area (Å²) in [5.41, 5.74) is 2.87. The van der Waals surface area contributed by atoms with E-state index in [1.165, 1.54) is 19.3 Å². The second-order valence-corrected chi connectivity index (χ2v) is 10.7. The molecule has 7 heteroatoms. The van der Waals surface area contributed by atoms with Crippen molar-refractivity contribution in [2.45, 2.75) is 71.4 Å². The standard InChI is InChI=1S/C24H33N3O4/c1-23(2,3)31-27-21(29)20(28)26-19-6-4-15(5-7-19)14-25-22(30)24-11-16-8-17(12-24)10-18(9-16)13-24/h4-7,16-18H,8-14H2,1-3H3,(H,25,30)(H,26,28)(H,27,29). The first-order valence-electron chi connectivity index (χ1n) is 11.3. The van der Waals surface area contributed by atoms with E-state index in [2.05, 4.69) is 16.1 Å². The first-order valence-corrected chi connectivity index (χ1v) is 11.3. The molecule has 4 bridgehead atoms. The SMILES string of the molecule is CC(C)(C)ONC(=O)C(=O)Nc1ccc(CNC(=O)C23CC4CC(CC(C4)C2)C3)cc1. The van der Waals surface area contributed by atoms with Crippen LogP contribution in [-0.2, 0) is 25.8 Å². The maximum Gasteiger partial charge on any atom is 0.333 e. The minimum atomic E-state index is -0.859. The van der Waals surface area contributed by atoms with Crippen LogP contribution in [0.25, 0.3) is 0 Å². The molecule has 4 aliphatic rings. The summed E-state index contributed by atoms with van der Waals surface area (Å²) in [6.45, 7) is 5.78. The monoisotopic (exact) mass is 427 g/mol. The zero-order chi connectivity index (χ0) is 22.2. The smallest absolute Gasteiger partial charge is 0.333 e. The highest BCUT2D eigenvalue weighted by atomic mass is 16.7. The van der Waals surface area contributed by atoms with Crippen molar-refractivity contribution in [3.05, 3.63) is 29.8 Å². The lowest BCUT2D eigenvalue weighted by Crippen LogP contribution is -2.53. The van der Waals surface area contributed by atoms with Crippen molar-refractivity contribution >= 4 is 23.4 Å². The van der Waals surface area contributed by atoms with Gasteiger partial charge in [-0.2, -0.15) is 0 Å². The Labute approximate surface area is 183 Å². The Morgan fingerprint density at radius 2 is 1.48 bits per heavy atom. The number of hydroxylamine groups is 1. The van der Waals surface area contributed by atoms with Gasteiger partial charge in [0, 0.05) is 17.6 Å². The molecule has 0 unspecified atom stereocenters. The number of rotatable bonds is 5. The summed E-state index contributed by atoms with van der Waals surface area (Å²) in [7, 11) is 0. The van der Waals surface area contributed by atoms with E-state index in [-0.39, 0.29) is 11.3 Å². The third-order valence-electron chi connectivity index (χ3n) is 6.84. The zero-order valence-corrected chi connectivity index (χ0v) is 18.6. The molecular weight excluding hydrogens is 394 g/mol. The average molecular weight is 428 g/mol. The molecule has 0 heterocycles. The second-order valence-electron chi connectivity index (χ2n) is 10.7. The fraction of sp³-hybridized carbons (Fsp3) is 0.625. The fourth-order valence-electron chi connectivity index (χ4n) is 5.90. The molecule has 31 heavy (non-hydrogen) atoms. The van der Waals surface area contributed by atoms with Gasteiger partial charge in [-0.1, -0.05) is 12.1 Å². The number of amides is 3. The molecule has 0 aliphatic heterocycles. The Hall–Kier alpha value is -2.41. The van der Waals surface area contributed by atoms with E-state index in [1.54, 1.807) is 32.9 Å². The molecule has 0 radical (unpaired) electrons. The van der Waals surface area contributed by atoms with Crippen molar-refractivity contribution in [2.75, 3.05) is 5.32 Å². The largest absolute Gasteiger partial charge is 0.352 e. The van der Waals surface area contributed by atoms with E-state index in [9.17, 15) is 14.4 Å². The van der Waals surface area contributed by atoms with Crippen molar-refractivity contribution in [3.63, 3.8) is 0 Å². The molecule has 0 saturated heterocycles. The number of hydrogen-bond acceptors (Lipinski definition) is 4. The molecule has 0 atom stereocenters. The molecule has 168 valence electrons. The molecule has 5 rings (SSSR count). The number of carbonyl (C=O) groups is 3. The zero-order valence-electron chi connectivity index (χ0n) is 18.6. The van der Waals surface area contributed by atoms with Gasteiger partial charge < -0.3 is 10.6 Å². The van der Waals surface area contributed by atoms with Gasteiger partial charge in [-0.3, -0.25) is 19.2 Å². The Kier molecular flexibility index (Phi) is 5.81. The van der Waals surface area contributed by atoms with Crippen molar-refractivity contribution in [3.8, 4) is 0 Å². The molecule has 3 amide bonds. The number of anilines is 1. The second kappa shape index (κ2) is 8.26. The highest BCUT2D eigenvalue weighted by Crippen LogP contribution is 2.60. The van der Waals surface area contributed by atoms with E-state index < -0.39 is 17.4 Å². The Morgan fingerprint density at radius 3 is 2.00 bits per heavy atom. The normalized spacial score (nSPS) is 28.8. The minimum absolute atomic E-state index is 0.148. The molecule has 4 saturated carbocycles. The first kappa shape index (κ1) is 21.8. The molecule has 0 aromatic heterocycles. The van der Waals surface area contributed by atoms with Crippen LogP contribution >= 0.6 is 0 Å². The fourth-order valence-corrected chi connectivity index (χ4v) is 5.90. The summed E-state index contributed by atoms with van der Waals surface area (Å²) in [4.78, 5) is 42.0. The molecule has 1 aromatic rings. The Balaban J connectivity index is 1.27. The summed E-state index contributed by atoms with van der Waals surface area (Å²) in [6, 6.07) is 7.14. The summed E-state index contributed by atoms with van der Waals surface area (Å²) in [5.74, 6) is 0.774. The van der Waals surface area contributed by atoms with Crippen LogP contribution in [0, 0.1) is 23.2 Å². The summed E-state index contributed by atoms with van der Waals surface area (Å²) in [6.07, 6.45) is 7.12. The van der Waals surface area contributed by atoms with Crippen LogP contribution in [0.3, 0.4) is 0 Å². The third kappa shape index (κ3) is 5.09. The first-order chi connectivity index (χ1) is 14.6. The lowest BCUT2D eigenvalue weighted by atomic mass is 9.49. The van der Waals surface area contributed by atoms with E-state index in [4.69, 9.17) is 4.84 Å². The number of benzene rings is 1. The van der Waals surface area contributed by atoms with Crippen LogP contribution in [0.4, 0.5) is 5.69 Å². The Bertz CT molecular complexity index is 821. The number of hydrogen-bond donors (Lipinski definition) is 3. The highest BCUT2D eigenvalue weighted by Gasteiger charge is 2.54. The van der Waals surface area contributed by atoms with Crippen LogP contribution in [0.2, 0.25) is 0 Å². The Morgan fingerprint density at radius 1 is 0.935 bits per heavy atom. The maximum atomic E-state index is 13.1.